The number of hydrogen-bond acceptors (Lipinski definition) is 3. The van der Waals surface area contributed by atoms with Gasteiger partial charge >= 0.3 is 5.97 Å². The van der Waals surface area contributed by atoms with Gasteiger partial charge in [0.05, 0.1) is 6.61 Å². The Kier molecular flexibility index (Phi) is 4.54. The van der Waals surface area contributed by atoms with Gasteiger partial charge in [0.15, 0.2) is 0 Å². The SMILES string of the molecule is C=CCNC1(C(=O)OCC)CC(C(C)C)C1. The number of carbonyl (C=O) groups is 1. The van der Waals surface area contributed by atoms with Crippen LogP contribution in [0.25, 0.3) is 0 Å². The molecule has 0 radical (unpaired) electrons. The van der Waals surface area contributed by atoms with Gasteiger partial charge in [0.2, 0.25) is 0 Å². The molecule has 1 aliphatic carbocycles. The number of esters is 1. The van der Waals surface area contributed by atoms with E-state index in [4.69, 9.17) is 4.74 Å². The second kappa shape index (κ2) is 5.48. The van der Waals surface area contributed by atoms with Crippen LogP contribution in [-0.4, -0.2) is 24.7 Å². The third-order valence-electron chi connectivity index (χ3n) is 3.42. The quantitative estimate of drug-likeness (QED) is 0.556. The molecule has 1 rings (SSSR count). The fraction of sp³-hybridized carbons (Fsp3) is 0.769. The van der Waals surface area contributed by atoms with E-state index in [9.17, 15) is 4.79 Å². The zero-order chi connectivity index (χ0) is 12.2. The van der Waals surface area contributed by atoms with E-state index < -0.39 is 5.54 Å². The molecule has 0 saturated heterocycles. The van der Waals surface area contributed by atoms with Gasteiger partial charge in [-0.1, -0.05) is 19.9 Å². The van der Waals surface area contributed by atoms with Crippen molar-refractivity contribution in [2.75, 3.05) is 13.2 Å². The van der Waals surface area contributed by atoms with Crippen molar-refractivity contribution in [3.8, 4) is 0 Å². The average Bonchev–Trinajstić information content (AvgIpc) is 2.16. The van der Waals surface area contributed by atoms with Gasteiger partial charge in [-0.25, -0.2) is 0 Å². The van der Waals surface area contributed by atoms with Crippen LogP contribution in [0, 0.1) is 11.8 Å². The van der Waals surface area contributed by atoms with E-state index in [0.29, 0.717) is 25.0 Å². The standard InChI is InChI=1S/C13H23NO2/c1-5-7-14-13(12(15)16-6-2)8-11(9-13)10(3)4/h5,10-11,14H,1,6-9H2,2-4H3. The van der Waals surface area contributed by atoms with Crippen LogP contribution in [0.2, 0.25) is 0 Å². The molecule has 0 aromatic carbocycles. The second-order valence-electron chi connectivity index (χ2n) is 4.88. The van der Waals surface area contributed by atoms with Gasteiger partial charge < -0.3 is 4.74 Å². The van der Waals surface area contributed by atoms with Gasteiger partial charge in [-0.05, 0) is 31.6 Å². The van der Waals surface area contributed by atoms with Gasteiger partial charge in [0.1, 0.15) is 5.54 Å². The van der Waals surface area contributed by atoms with Gasteiger partial charge in [-0.15, -0.1) is 6.58 Å². The van der Waals surface area contributed by atoms with Crippen LogP contribution in [-0.2, 0) is 9.53 Å². The van der Waals surface area contributed by atoms with E-state index in [0.717, 1.165) is 12.8 Å². The predicted octanol–water partition coefficient (Wildman–Crippen LogP) is 2.13. The van der Waals surface area contributed by atoms with Gasteiger partial charge in [0.25, 0.3) is 0 Å². The summed E-state index contributed by atoms with van der Waals surface area (Å²) in [6.45, 7) is 11.0. The number of ether oxygens (including phenoxy) is 1. The predicted molar refractivity (Wildman–Crippen MR) is 65.1 cm³/mol. The number of rotatable bonds is 6. The smallest absolute Gasteiger partial charge is 0.326 e. The van der Waals surface area contributed by atoms with Crippen LogP contribution in [0.15, 0.2) is 12.7 Å². The molecule has 0 aromatic rings. The molecule has 3 heteroatoms. The molecule has 0 heterocycles. The molecule has 0 amide bonds. The monoisotopic (exact) mass is 225 g/mol. The summed E-state index contributed by atoms with van der Waals surface area (Å²) in [4.78, 5) is 11.9. The maximum absolute atomic E-state index is 11.9. The first-order chi connectivity index (χ1) is 7.55. The van der Waals surface area contributed by atoms with Crippen LogP contribution in [0.4, 0.5) is 0 Å². The molecule has 16 heavy (non-hydrogen) atoms. The largest absolute Gasteiger partial charge is 0.465 e. The van der Waals surface area contributed by atoms with Crippen molar-refractivity contribution in [3.63, 3.8) is 0 Å². The summed E-state index contributed by atoms with van der Waals surface area (Å²) in [5, 5.41) is 3.26. The van der Waals surface area contributed by atoms with Crippen LogP contribution in [0.5, 0.6) is 0 Å². The molecule has 1 aliphatic rings. The molecule has 0 aliphatic heterocycles. The highest BCUT2D eigenvalue weighted by molar-refractivity contribution is 5.82. The van der Waals surface area contributed by atoms with Gasteiger partial charge in [-0.3, -0.25) is 10.1 Å². The molecule has 0 atom stereocenters. The number of nitrogens with one attached hydrogen (secondary N) is 1. The molecule has 1 saturated carbocycles. The number of hydrogen-bond donors (Lipinski definition) is 1. The third kappa shape index (κ3) is 2.64. The van der Waals surface area contributed by atoms with Crippen molar-refractivity contribution < 1.29 is 9.53 Å². The van der Waals surface area contributed by atoms with Gasteiger partial charge in [0, 0.05) is 6.54 Å². The van der Waals surface area contributed by atoms with Crippen LogP contribution in [0.3, 0.4) is 0 Å². The average molecular weight is 225 g/mol. The minimum atomic E-state index is -0.445. The topological polar surface area (TPSA) is 38.3 Å². The Bertz CT molecular complexity index is 255. The van der Waals surface area contributed by atoms with E-state index >= 15 is 0 Å². The summed E-state index contributed by atoms with van der Waals surface area (Å²) in [6, 6.07) is 0. The molecule has 1 fully saturated rings. The van der Waals surface area contributed by atoms with Crippen LogP contribution < -0.4 is 5.32 Å². The molecule has 92 valence electrons. The first-order valence-corrected chi connectivity index (χ1v) is 6.09. The van der Waals surface area contributed by atoms with Crippen LogP contribution >= 0.6 is 0 Å². The van der Waals surface area contributed by atoms with E-state index in [1.165, 1.54) is 0 Å². The summed E-state index contributed by atoms with van der Waals surface area (Å²) in [7, 11) is 0. The van der Waals surface area contributed by atoms with E-state index in [-0.39, 0.29) is 5.97 Å². The summed E-state index contributed by atoms with van der Waals surface area (Å²) in [5.41, 5.74) is -0.445. The lowest BCUT2D eigenvalue weighted by Gasteiger charge is -2.47. The fourth-order valence-corrected chi connectivity index (χ4v) is 2.23. The highest BCUT2D eigenvalue weighted by Gasteiger charge is 2.51. The Morgan fingerprint density at radius 1 is 1.62 bits per heavy atom. The molecule has 1 N–H and O–H groups in total. The van der Waals surface area contributed by atoms with E-state index in [2.05, 4.69) is 25.7 Å². The number of carbonyl (C=O) groups excluding carboxylic acids is 1. The maximum Gasteiger partial charge on any atom is 0.326 e. The van der Waals surface area contributed by atoms with Crippen molar-refractivity contribution in [2.45, 2.75) is 39.2 Å². The molecule has 0 bridgehead atoms. The maximum atomic E-state index is 11.9. The molecule has 0 aromatic heterocycles. The van der Waals surface area contributed by atoms with E-state index in [1.54, 1.807) is 6.08 Å². The third-order valence-corrected chi connectivity index (χ3v) is 3.42. The Morgan fingerprint density at radius 3 is 2.69 bits per heavy atom. The summed E-state index contributed by atoms with van der Waals surface area (Å²) in [5.74, 6) is 1.16. The van der Waals surface area contributed by atoms with Gasteiger partial charge in [-0.2, -0.15) is 0 Å². The fourth-order valence-electron chi connectivity index (χ4n) is 2.23. The Labute approximate surface area is 98.2 Å². The minimum Gasteiger partial charge on any atom is -0.465 e. The Hall–Kier alpha value is -0.830. The Balaban J connectivity index is 2.59. The lowest BCUT2D eigenvalue weighted by atomic mass is 9.64. The van der Waals surface area contributed by atoms with Crippen molar-refractivity contribution >= 4 is 5.97 Å². The molecule has 3 nitrogen and oxygen atoms in total. The van der Waals surface area contributed by atoms with Crippen molar-refractivity contribution in [1.29, 1.82) is 0 Å². The Morgan fingerprint density at radius 2 is 2.25 bits per heavy atom. The molecular formula is C13H23NO2. The van der Waals surface area contributed by atoms with Crippen LogP contribution in [0.1, 0.15) is 33.6 Å². The van der Waals surface area contributed by atoms with Crippen molar-refractivity contribution in [2.24, 2.45) is 11.8 Å². The lowest BCUT2D eigenvalue weighted by molar-refractivity contribution is -0.158. The molecule has 0 spiro atoms. The normalized spacial score (nSPS) is 28.6. The second-order valence-corrected chi connectivity index (χ2v) is 4.88. The highest BCUT2D eigenvalue weighted by Crippen LogP contribution is 2.42. The summed E-state index contributed by atoms with van der Waals surface area (Å²) in [6.07, 6.45) is 3.55. The summed E-state index contributed by atoms with van der Waals surface area (Å²) < 4.78 is 5.14. The summed E-state index contributed by atoms with van der Waals surface area (Å²) >= 11 is 0. The first-order valence-electron chi connectivity index (χ1n) is 6.09. The zero-order valence-electron chi connectivity index (χ0n) is 10.6. The van der Waals surface area contributed by atoms with Crippen molar-refractivity contribution in [3.05, 3.63) is 12.7 Å². The zero-order valence-corrected chi connectivity index (χ0v) is 10.6. The first kappa shape index (κ1) is 13.2. The minimum absolute atomic E-state index is 0.103. The molecule has 0 unspecified atom stereocenters. The highest BCUT2D eigenvalue weighted by atomic mass is 16.5. The molecular weight excluding hydrogens is 202 g/mol. The van der Waals surface area contributed by atoms with Crippen molar-refractivity contribution in [1.82, 2.24) is 5.32 Å². The lowest BCUT2D eigenvalue weighted by Crippen LogP contribution is -2.62. The van der Waals surface area contributed by atoms with E-state index in [1.807, 2.05) is 6.92 Å².